The lowest BCUT2D eigenvalue weighted by Crippen LogP contribution is -2.52. The highest BCUT2D eigenvalue weighted by Gasteiger charge is 2.56. The summed E-state index contributed by atoms with van der Waals surface area (Å²) in [4.78, 5) is 2.87. The van der Waals surface area contributed by atoms with Gasteiger partial charge >= 0.3 is 0 Å². The Labute approximate surface area is 203 Å². The van der Waals surface area contributed by atoms with Crippen LogP contribution in [0.2, 0.25) is 0 Å². The van der Waals surface area contributed by atoms with E-state index < -0.39 is 0 Å². The molecular weight excluding hydrogens is 420 g/mol. The van der Waals surface area contributed by atoms with Crippen LogP contribution in [-0.4, -0.2) is 51.1 Å². The van der Waals surface area contributed by atoms with Gasteiger partial charge in [-0.05, 0) is 124 Å². The van der Waals surface area contributed by atoms with E-state index in [1.165, 1.54) is 38.9 Å². The zero-order valence-electron chi connectivity index (χ0n) is 21.0. The van der Waals surface area contributed by atoms with Gasteiger partial charge in [0, 0.05) is 31.9 Å². The molecule has 6 heteroatoms. The summed E-state index contributed by atoms with van der Waals surface area (Å²) >= 11 is 0. The maximum absolute atomic E-state index is 4.45. The van der Waals surface area contributed by atoms with Crippen molar-refractivity contribution in [2.75, 3.05) is 31.5 Å². The molecule has 2 aromatic heterocycles. The smallest absolute Gasteiger partial charge is 0.148 e. The zero-order chi connectivity index (χ0) is 22.9. The molecule has 1 unspecified atom stereocenters. The molecule has 6 nitrogen and oxygen atoms in total. The highest BCUT2D eigenvalue weighted by molar-refractivity contribution is 5.61. The van der Waals surface area contributed by atoms with E-state index in [-0.39, 0.29) is 0 Å². The van der Waals surface area contributed by atoms with Crippen LogP contribution < -0.4 is 5.32 Å². The Morgan fingerprint density at radius 2 is 1.68 bits per heavy atom. The van der Waals surface area contributed by atoms with Gasteiger partial charge in [0.05, 0.1) is 11.4 Å². The van der Waals surface area contributed by atoms with Crippen molar-refractivity contribution >= 4 is 5.82 Å². The molecule has 1 atom stereocenters. The van der Waals surface area contributed by atoms with Crippen molar-refractivity contribution in [1.29, 1.82) is 0 Å². The molecule has 1 aliphatic heterocycles. The van der Waals surface area contributed by atoms with Crippen LogP contribution in [0.25, 0.3) is 11.3 Å². The van der Waals surface area contributed by atoms with Crippen LogP contribution in [-0.2, 0) is 7.05 Å². The van der Waals surface area contributed by atoms with Gasteiger partial charge in [-0.15, -0.1) is 10.2 Å². The van der Waals surface area contributed by atoms with Gasteiger partial charge in [-0.25, -0.2) is 0 Å². The predicted octanol–water partition coefficient (Wildman–Crippen LogP) is 4.92. The first-order valence-corrected chi connectivity index (χ1v) is 13.8. The van der Waals surface area contributed by atoms with Crippen LogP contribution in [0.3, 0.4) is 0 Å². The van der Waals surface area contributed by atoms with Crippen molar-refractivity contribution in [1.82, 2.24) is 24.9 Å². The second-order valence-electron chi connectivity index (χ2n) is 12.9. The van der Waals surface area contributed by atoms with Crippen molar-refractivity contribution in [2.45, 2.75) is 64.7 Å². The van der Waals surface area contributed by atoms with E-state index in [4.69, 9.17) is 0 Å². The normalized spacial score (nSPS) is 35.7. The molecule has 8 rings (SSSR count). The molecule has 6 aliphatic rings. The molecule has 0 radical (unpaired) electrons. The number of aryl methyl sites for hydroxylation is 2. The number of rotatable bonds is 6. The summed E-state index contributed by atoms with van der Waals surface area (Å²) in [6, 6.07) is 4.13. The van der Waals surface area contributed by atoms with Crippen molar-refractivity contribution in [2.24, 2.45) is 41.5 Å². The Hall–Kier alpha value is -1.95. The maximum Gasteiger partial charge on any atom is 0.148 e. The lowest BCUT2D eigenvalue weighted by atomic mass is 9.49. The fourth-order valence-corrected chi connectivity index (χ4v) is 9.10. The predicted molar refractivity (Wildman–Crippen MR) is 134 cm³/mol. The number of piperidine rings is 1. The molecule has 6 fully saturated rings. The van der Waals surface area contributed by atoms with E-state index in [2.05, 4.69) is 37.6 Å². The molecule has 1 spiro atoms. The molecule has 34 heavy (non-hydrogen) atoms. The van der Waals surface area contributed by atoms with Gasteiger partial charge in [-0.3, -0.25) is 4.68 Å². The quantitative estimate of drug-likeness (QED) is 0.663. The first-order valence-electron chi connectivity index (χ1n) is 13.8. The third-order valence-corrected chi connectivity index (χ3v) is 10.4. The number of nitrogens with one attached hydrogen (secondary N) is 1. The zero-order valence-corrected chi connectivity index (χ0v) is 21.0. The van der Waals surface area contributed by atoms with Crippen LogP contribution in [0.4, 0.5) is 5.82 Å². The fourth-order valence-electron chi connectivity index (χ4n) is 9.10. The number of likely N-dealkylation sites (tertiary alicyclic amines) is 1. The van der Waals surface area contributed by atoms with E-state index in [9.17, 15) is 0 Å². The molecule has 3 heterocycles. The van der Waals surface area contributed by atoms with E-state index in [1.807, 2.05) is 24.9 Å². The highest BCUT2D eigenvalue weighted by Crippen LogP contribution is 2.62. The number of hydrogen-bond acceptors (Lipinski definition) is 5. The minimum absolute atomic E-state index is 0.602. The molecule has 0 aromatic carbocycles. The molecule has 0 amide bonds. The van der Waals surface area contributed by atoms with E-state index in [0.29, 0.717) is 10.8 Å². The minimum Gasteiger partial charge on any atom is -0.368 e. The van der Waals surface area contributed by atoms with Crippen LogP contribution in [0.5, 0.6) is 0 Å². The van der Waals surface area contributed by atoms with Crippen LogP contribution in [0.1, 0.15) is 63.5 Å². The second-order valence-corrected chi connectivity index (χ2v) is 12.9. The Balaban J connectivity index is 0.904. The Morgan fingerprint density at radius 1 is 0.971 bits per heavy atom. The molecule has 182 valence electrons. The molecule has 2 aromatic rings. The number of hydrogen-bond donors (Lipinski definition) is 1. The summed E-state index contributed by atoms with van der Waals surface area (Å²) in [5.74, 6) is 4.92. The van der Waals surface area contributed by atoms with Gasteiger partial charge in [0.2, 0.25) is 0 Å². The first-order chi connectivity index (χ1) is 16.5. The summed E-state index contributed by atoms with van der Waals surface area (Å²) in [7, 11) is 1.94. The third kappa shape index (κ3) is 3.77. The molecular formula is C28H40N6. The minimum atomic E-state index is 0.602. The van der Waals surface area contributed by atoms with E-state index in [0.717, 1.165) is 53.0 Å². The lowest BCUT2D eigenvalue weighted by Gasteiger charge is -2.58. The van der Waals surface area contributed by atoms with Crippen molar-refractivity contribution in [3.8, 4) is 11.3 Å². The van der Waals surface area contributed by atoms with Crippen LogP contribution in [0, 0.1) is 41.4 Å². The maximum atomic E-state index is 4.45. The van der Waals surface area contributed by atoms with Gasteiger partial charge in [-0.1, -0.05) is 0 Å². The molecule has 5 aliphatic carbocycles. The summed E-state index contributed by atoms with van der Waals surface area (Å²) in [5.41, 5.74) is 4.24. The lowest BCUT2D eigenvalue weighted by molar-refractivity contribution is -0.0731. The van der Waals surface area contributed by atoms with E-state index in [1.54, 1.807) is 38.5 Å². The summed E-state index contributed by atoms with van der Waals surface area (Å²) in [6.45, 7) is 7.13. The topological polar surface area (TPSA) is 58.9 Å². The standard InChI is InChI=1S/C28H40N6/c1-19-24(17-33(2)32-19)25-3-4-26(31-30-25)29-16-23-15-28(23)5-7-34(8-6-28)18-27-12-20-9-21(13-27)11-22(10-20)14-27/h3-4,17,20-23H,5-16,18H2,1-2H3,(H,29,31). The first kappa shape index (κ1) is 21.3. The van der Waals surface area contributed by atoms with Crippen molar-refractivity contribution in [3.05, 3.63) is 24.0 Å². The Kier molecular flexibility index (Phi) is 4.88. The monoisotopic (exact) mass is 460 g/mol. The van der Waals surface area contributed by atoms with Crippen LogP contribution in [0.15, 0.2) is 18.3 Å². The average molecular weight is 461 g/mol. The second kappa shape index (κ2) is 7.78. The summed E-state index contributed by atoms with van der Waals surface area (Å²) < 4.78 is 1.83. The molecule has 1 N–H and O–H groups in total. The Bertz CT molecular complexity index is 1010. The average Bonchev–Trinajstić information content (AvgIpc) is 3.36. The highest BCUT2D eigenvalue weighted by atomic mass is 15.3. The van der Waals surface area contributed by atoms with Crippen molar-refractivity contribution < 1.29 is 0 Å². The van der Waals surface area contributed by atoms with Crippen molar-refractivity contribution in [3.63, 3.8) is 0 Å². The van der Waals surface area contributed by atoms with Gasteiger partial charge < -0.3 is 10.2 Å². The third-order valence-electron chi connectivity index (χ3n) is 10.4. The van der Waals surface area contributed by atoms with Gasteiger partial charge in [0.1, 0.15) is 5.82 Å². The largest absolute Gasteiger partial charge is 0.368 e. The number of anilines is 1. The summed E-state index contributed by atoms with van der Waals surface area (Å²) in [6.07, 6.45) is 15.5. The van der Waals surface area contributed by atoms with Gasteiger partial charge in [0.25, 0.3) is 0 Å². The number of nitrogens with zero attached hydrogens (tertiary/aromatic N) is 5. The van der Waals surface area contributed by atoms with E-state index >= 15 is 0 Å². The van der Waals surface area contributed by atoms with Gasteiger partial charge in [0.15, 0.2) is 0 Å². The molecule has 5 saturated carbocycles. The molecule has 4 bridgehead atoms. The summed E-state index contributed by atoms with van der Waals surface area (Å²) in [5, 5.41) is 16.9. The molecule has 1 saturated heterocycles. The number of aromatic nitrogens is 4. The SMILES string of the molecule is Cc1nn(C)cc1-c1ccc(NCC2CC23CCN(CC24CC5CC(CC(C5)C2)C4)CC3)nn1. The Morgan fingerprint density at radius 3 is 2.26 bits per heavy atom. The van der Waals surface area contributed by atoms with Gasteiger partial charge in [-0.2, -0.15) is 5.10 Å². The van der Waals surface area contributed by atoms with Crippen LogP contribution >= 0.6 is 0 Å². The fraction of sp³-hybridized carbons (Fsp3) is 0.750.